The van der Waals surface area contributed by atoms with Crippen LogP contribution in [0, 0.1) is 5.92 Å². The van der Waals surface area contributed by atoms with Gasteiger partial charge in [0.2, 0.25) is 0 Å². The molecule has 0 unspecified atom stereocenters. The maximum atomic E-state index is 13.0. The molecule has 0 aromatic heterocycles. The van der Waals surface area contributed by atoms with Gasteiger partial charge in [0.15, 0.2) is 0 Å². The third-order valence-corrected chi connectivity index (χ3v) is 5.82. The van der Waals surface area contributed by atoms with Gasteiger partial charge in [-0.1, -0.05) is 66.5 Å². The molecule has 0 fully saturated rings. The summed E-state index contributed by atoms with van der Waals surface area (Å²) in [5.41, 5.74) is 5.27. The van der Waals surface area contributed by atoms with Crippen molar-refractivity contribution in [3.8, 4) is 0 Å². The van der Waals surface area contributed by atoms with E-state index < -0.39 is 0 Å². The fraction of sp³-hybridized carbons (Fsp3) is 0.273. The van der Waals surface area contributed by atoms with Gasteiger partial charge >= 0.3 is 0 Å². The van der Waals surface area contributed by atoms with Crippen molar-refractivity contribution in [1.29, 1.82) is 0 Å². The van der Waals surface area contributed by atoms with Crippen LogP contribution in [0.4, 0.5) is 5.69 Å². The fourth-order valence-electron chi connectivity index (χ4n) is 3.76. The molecule has 1 N–H and O–H groups in total. The van der Waals surface area contributed by atoms with Crippen LogP contribution in [-0.2, 0) is 4.79 Å². The van der Waals surface area contributed by atoms with Gasteiger partial charge in [-0.15, -0.1) is 0 Å². The smallest absolute Gasteiger partial charge is 0.282 e. The van der Waals surface area contributed by atoms with Crippen molar-refractivity contribution >= 4 is 40.5 Å². The lowest BCUT2D eigenvalue weighted by Gasteiger charge is -2.27. The number of rotatable bonds is 4. The van der Waals surface area contributed by atoms with E-state index in [2.05, 4.69) is 17.6 Å². The van der Waals surface area contributed by atoms with Crippen molar-refractivity contribution in [2.45, 2.75) is 19.4 Å². The number of nitrogens with zero attached hydrogens (tertiary/aromatic N) is 3. The molecule has 1 amide bonds. The Balaban J connectivity index is 1.67. The summed E-state index contributed by atoms with van der Waals surface area (Å²) in [6.07, 6.45) is 5.09. The lowest BCUT2D eigenvalue weighted by molar-refractivity contribution is -0.119. The van der Waals surface area contributed by atoms with E-state index in [0.29, 0.717) is 22.3 Å². The molecule has 0 aliphatic carbocycles. The minimum atomic E-state index is -0.179. The Labute approximate surface area is 180 Å². The Hall–Kier alpha value is -2.34. The minimum absolute atomic E-state index is 0.132. The molecule has 2 aromatic rings. The van der Waals surface area contributed by atoms with Gasteiger partial charge in [-0.3, -0.25) is 15.2 Å². The van der Waals surface area contributed by atoms with E-state index in [9.17, 15) is 4.79 Å². The first-order valence-electron chi connectivity index (χ1n) is 9.63. The number of nitrogens with one attached hydrogen (secondary N) is 1. The first-order chi connectivity index (χ1) is 14.0. The highest BCUT2D eigenvalue weighted by atomic mass is 35.5. The molecular weight excluding hydrogens is 407 g/mol. The molecule has 2 aromatic carbocycles. The van der Waals surface area contributed by atoms with E-state index in [4.69, 9.17) is 28.3 Å². The predicted molar refractivity (Wildman–Crippen MR) is 118 cm³/mol. The second-order valence-electron chi connectivity index (χ2n) is 7.21. The van der Waals surface area contributed by atoms with Crippen LogP contribution >= 0.6 is 23.2 Å². The third-order valence-electron chi connectivity index (χ3n) is 5.25. The Morgan fingerprint density at radius 3 is 2.55 bits per heavy atom. The van der Waals surface area contributed by atoms with Crippen LogP contribution < -0.4 is 10.4 Å². The van der Waals surface area contributed by atoms with Crippen molar-refractivity contribution < 1.29 is 4.79 Å². The Morgan fingerprint density at radius 1 is 1.10 bits per heavy atom. The number of hydrazine groups is 1. The van der Waals surface area contributed by atoms with E-state index in [-0.39, 0.29) is 17.9 Å². The number of anilines is 1. The molecule has 0 radical (unpaired) electrons. The zero-order valence-corrected chi connectivity index (χ0v) is 17.6. The van der Waals surface area contributed by atoms with Crippen molar-refractivity contribution in [2.75, 3.05) is 18.1 Å². The zero-order chi connectivity index (χ0) is 20.4. The summed E-state index contributed by atoms with van der Waals surface area (Å²) in [6, 6.07) is 15.0. The molecule has 150 valence electrons. The quantitative estimate of drug-likeness (QED) is 0.708. The minimum Gasteiger partial charge on any atom is -0.283 e. The first kappa shape index (κ1) is 20.0. The van der Waals surface area contributed by atoms with Gasteiger partial charge in [-0.25, -0.2) is 5.01 Å². The number of halogens is 2. The number of amides is 1. The number of carbonyl (C=O) groups excluding carboxylic acids is 1. The molecule has 0 spiro atoms. The normalized spacial score (nSPS) is 21.9. The van der Waals surface area contributed by atoms with E-state index in [1.165, 1.54) is 0 Å². The molecule has 0 saturated carbocycles. The standard InChI is InChI=1S/C22H22Cl2N4O/c1-15-20(22(29)26-27-13-5-2-6-14-27)25-28(19-8-4-3-7-18(19)24)21(15)16-9-11-17(23)12-10-16/h2-5,7-12,15,21H,6,13-14H2,1H3,(H,26,29)/t15-,21+/m0/s1. The molecule has 0 bridgehead atoms. The molecule has 7 heteroatoms. The van der Waals surface area contributed by atoms with Crippen LogP contribution in [0.2, 0.25) is 10.0 Å². The van der Waals surface area contributed by atoms with E-state index in [1.54, 1.807) is 0 Å². The molecule has 5 nitrogen and oxygen atoms in total. The average Bonchev–Trinajstić information content (AvgIpc) is 3.07. The summed E-state index contributed by atoms with van der Waals surface area (Å²) in [6.45, 7) is 3.51. The molecule has 2 aliphatic heterocycles. The molecule has 2 aliphatic rings. The van der Waals surface area contributed by atoms with Crippen molar-refractivity contribution in [3.63, 3.8) is 0 Å². The van der Waals surface area contributed by atoms with Gasteiger partial charge in [0.1, 0.15) is 5.71 Å². The summed E-state index contributed by atoms with van der Waals surface area (Å²) in [4.78, 5) is 13.0. The number of benzene rings is 2. The molecule has 2 heterocycles. The van der Waals surface area contributed by atoms with Gasteiger partial charge < -0.3 is 0 Å². The Morgan fingerprint density at radius 2 is 1.86 bits per heavy atom. The van der Waals surface area contributed by atoms with Crippen LogP contribution in [0.3, 0.4) is 0 Å². The van der Waals surface area contributed by atoms with Crippen molar-refractivity contribution in [3.05, 3.63) is 76.3 Å². The maximum Gasteiger partial charge on any atom is 0.282 e. The average molecular weight is 429 g/mol. The number of hydrogen-bond acceptors (Lipinski definition) is 4. The zero-order valence-electron chi connectivity index (χ0n) is 16.1. The van der Waals surface area contributed by atoms with Crippen LogP contribution in [0.5, 0.6) is 0 Å². The van der Waals surface area contributed by atoms with E-state index >= 15 is 0 Å². The monoisotopic (exact) mass is 428 g/mol. The number of carbonyl (C=O) groups is 1. The third kappa shape index (κ3) is 4.17. The summed E-state index contributed by atoms with van der Waals surface area (Å²) >= 11 is 12.5. The number of hydrogen-bond donors (Lipinski definition) is 1. The number of para-hydroxylation sites is 1. The van der Waals surface area contributed by atoms with E-state index in [1.807, 2.05) is 65.5 Å². The van der Waals surface area contributed by atoms with Crippen LogP contribution in [0.1, 0.15) is 24.9 Å². The summed E-state index contributed by atoms with van der Waals surface area (Å²) < 4.78 is 0. The van der Waals surface area contributed by atoms with E-state index in [0.717, 1.165) is 24.2 Å². The summed E-state index contributed by atoms with van der Waals surface area (Å²) in [5.74, 6) is -0.311. The van der Waals surface area contributed by atoms with Crippen molar-refractivity contribution in [2.24, 2.45) is 11.0 Å². The molecular formula is C22H22Cl2N4O. The lowest BCUT2D eigenvalue weighted by atomic mass is 9.91. The largest absolute Gasteiger partial charge is 0.283 e. The SMILES string of the molecule is C[C@H]1C(C(=O)NN2CC=CCC2)=NN(c2ccccc2Cl)[C@H]1c1ccc(Cl)cc1. The highest BCUT2D eigenvalue weighted by Gasteiger charge is 2.40. The molecule has 0 saturated heterocycles. The number of hydrazone groups is 1. The predicted octanol–water partition coefficient (Wildman–Crippen LogP) is 4.84. The maximum absolute atomic E-state index is 13.0. The highest BCUT2D eigenvalue weighted by Crippen LogP contribution is 2.41. The van der Waals surface area contributed by atoms with Gasteiger partial charge in [0.05, 0.1) is 16.8 Å². The van der Waals surface area contributed by atoms with Crippen LogP contribution in [-0.4, -0.2) is 29.7 Å². The second-order valence-corrected chi connectivity index (χ2v) is 8.06. The lowest BCUT2D eigenvalue weighted by Crippen LogP contribution is -2.47. The summed E-state index contributed by atoms with van der Waals surface area (Å²) in [7, 11) is 0. The second kappa shape index (κ2) is 8.57. The topological polar surface area (TPSA) is 47.9 Å². The van der Waals surface area contributed by atoms with Crippen LogP contribution in [0.25, 0.3) is 0 Å². The molecule has 29 heavy (non-hydrogen) atoms. The molecule has 2 atom stereocenters. The Bertz CT molecular complexity index is 958. The highest BCUT2D eigenvalue weighted by molar-refractivity contribution is 6.40. The Kier molecular flexibility index (Phi) is 5.90. The summed E-state index contributed by atoms with van der Waals surface area (Å²) in [5, 5.41) is 9.74. The van der Waals surface area contributed by atoms with Gasteiger partial charge in [0.25, 0.3) is 5.91 Å². The van der Waals surface area contributed by atoms with Crippen molar-refractivity contribution in [1.82, 2.24) is 10.4 Å². The van der Waals surface area contributed by atoms with Gasteiger partial charge in [-0.2, -0.15) is 5.10 Å². The van der Waals surface area contributed by atoms with Gasteiger partial charge in [0, 0.05) is 24.0 Å². The van der Waals surface area contributed by atoms with Crippen LogP contribution in [0.15, 0.2) is 65.8 Å². The molecule has 4 rings (SSSR count). The first-order valence-corrected chi connectivity index (χ1v) is 10.4. The van der Waals surface area contributed by atoms with Gasteiger partial charge in [-0.05, 0) is 36.2 Å². The fourth-order valence-corrected chi connectivity index (χ4v) is 4.11.